The van der Waals surface area contributed by atoms with Crippen molar-refractivity contribution in [1.29, 1.82) is 0 Å². The Kier molecular flexibility index (Phi) is 4.20. The number of phenols is 1. The maximum absolute atomic E-state index is 9.22. The predicted molar refractivity (Wildman–Crippen MR) is 83.2 cm³/mol. The van der Waals surface area contributed by atoms with E-state index < -0.39 is 0 Å². The van der Waals surface area contributed by atoms with Gasteiger partial charge in [0.25, 0.3) is 0 Å². The number of nitrogens with zero attached hydrogens (tertiary/aromatic N) is 1. The lowest BCUT2D eigenvalue weighted by Gasteiger charge is -2.08. The number of hydrogen-bond acceptors (Lipinski definition) is 4. The minimum Gasteiger partial charge on any atom is -0.508 e. The molecule has 0 saturated heterocycles. The molecular formula is C18H15NO3. The van der Waals surface area contributed by atoms with E-state index in [1.54, 1.807) is 36.5 Å². The van der Waals surface area contributed by atoms with Crippen molar-refractivity contribution in [1.82, 2.24) is 4.98 Å². The summed E-state index contributed by atoms with van der Waals surface area (Å²) in [6.45, 7) is 0.501. The molecule has 0 aliphatic rings. The van der Waals surface area contributed by atoms with Crippen LogP contribution in [-0.4, -0.2) is 10.1 Å². The van der Waals surface area contributed by atoms with Crippen LogP contribution in [0.2, 0.25) is 0 Å². The first-order valence-corrected chi connectivity index (χ1v) is 6.89. The number of aromatic nitrogens is 1. The van der Waals surface area contributed by atoms with E-state index in [9.17, 15) is 5.11 Å². The van der Waals surface area contributed by atoms with Crippen molar-refractivity contribution >= 4 is 0 Å². The molecule has 3 aromatic rings. The largest absolute Gasteiger partial charge is 0.508 e. The van der Waals surface area contributed by atoms with E-state index in [1.165, 1.54) is 0 Å². The molecule has 0 bridgehead atoms. The molecule has 1 N–H and O–H groups in total. The highest BCUT2D eigenvalue weighted by Crippen LogP contribution is 2.23. The predicted octanol–water partition coefficient (Wildman–Crippen LogP) is 4.16. The summed E-state index contributed by atoms with van der Waals surface area (Å²) in [5.74, 6) is 1.97. The second-order valence-corrected chi connectivity index (χ2v) is 4.70. The van der Waals surface area contributed by atoms with Crippen molar-refractivity contribution in [2.75, 3.05) is 0 Å². The van der Waals surface area contributed by atoms with Gasteiger partial charge in [0.15, 0.2) is 0 Å². The van der Waals surface area contributed by atoms with E-state index in [-0.39, 0.29) is 5.75 Å². The van der Waals surface area contributed by atoms with E-state index in [4.69, 9.17) is 9.47 Å². The molecule has 4 heteroatoms. The van der Waals surface area contributed by atoms with E-state index in [0.29, 0.717) is 24.0 Å². The highest BCUT2D eigenvalue weighted by Gasteiger charge is 2.01. The van der Waals surface area contributed by atoms with Crippen LogP contribution in [0.5, 0.6) is 23.1 Å². The lowest BCUT2D eigenvalue weighted by molar-refractivity contribution is 0.304. The molecule has 1 heterocycles. The monoisotopic (exact) mass is 293 g/mol. The van der Waals surface area contributed by atoms with Crippen LogP contribution in [-0.2, 0) is 6.61 Å². The lowest BCUT2D eigenvalue weighted by atomic mass is 10.2. The summed E-state index contributed by atoms with van der Waals surface area (Å²) in [6.07, 6.45) is 1.62. The molecule has 0 aliphatic heterocycles. The van der Waals surface area contributed by atoms with Crippen molar-refractivity contribution in [3.63, 3.8) is 0 Å². The standard InChI is InChI=1S/C18H15NO3/c20-15-6-8-16(9-7-15)22-18-11-10-17(12-19-18)21-13-14-4-2-1-3-5-14/h1-12,20H,13H2. The zero-order chi connectivity index (χ0) is 15.2. The zero-order valence-corrected chi connectivity index (χ0v) is 11.8. The molecule has 0 fully saturated rings. The molecule has 0 amide bonds. The van der Waals surface area contributed by atoms with Gasteiger partial charge in [-0.1, -0.05) is 30.3 Å². The lowest BCUT2D eigenvalue weighted by Crippen LogP contribution is -1.95. The molecule has 0 spiro atoms. The molecule has 4 nitrogen and oxygen atoms in total. The van der Waals surface area contributed by atoms with Crippen molar-refractivity contribution in [3.05, 3.63) is 78.5 Å². The molecule has 22 heavy (non-hydrogen) atoms. The minimum absolute atomic E-state index is 0.199. The molecule has 0 atom stereocenters. The average molecular weight is 293 g/mol. The quantitative estimate of drug-likeness (QED) is 0.767. The number of pyridine rings is 1. The van der Waals surface area contributed by atoms with Crippen LogP contribution < -0.4 is 9.47 Å². The first-order valence-electron chi connectivity index (χ1n) is 6.89. The fourth-order valence-electron chi connectivity index (χ4n) is 1.89. The Hall–Kier alpha value is -3.01. The first-order chi connectivity index (χ1) is 10.8. The molecule has 3 rings (SSSR count). The second-order valence-electron chi connectivity index (χ2n) is 4.70. The van der Waals surface area contributed by atoms with E-state index >= 15 is 0 Å². The topological polar surface area (TPSA) is 51.6 Å². The van der Waals surface area contributed by atoms with E-state index in [2.05, 4.69) is 4.98 Å². The van der Waals surface area contributed by atoms with Crippen LogP contribution in [0.15, 0.2) is 72.9 Å². The van der Waals surface area contributed by atoms with Crippen LogP contribution in [0.25, 0.3) is 0 Å². The maximum atomic E-state index is 9.22. The van der Waals surface area contributed by atoms with Gasteiger partial charge in [0.2, 0.25) is 5.88 Å². The SMILES string of the molecule is Oc1ccc(Oc2ccc(OCc3ccccc3)cn2)cc1. The van der Waals surface area contributed by atoms with Crippen LogP contribution in [0.3, 0.4) is 0 Å². The van der Waals surface area contributed by atoms with Gasteiger partial charge >= 0.3 is 0 Å². The average Bonchev–Trinajstić information content (AvgIpc) is 2.57. The molecule has 0 unspecified atom stereocenters. The van der Waals surface area contributed by atoms with Crippen molar-refractivity contribution in [2.24, 2.45) is 0 Å². The summed E-state index contributed by atoms with van der Waals surface area (Å²) in [5.41, 5.74) is 1.10. The summed E-state index contributed by atoms with van der Waals surface area (Å²) in [7, 11) is 0. The molecule has 1 aromatic heterocycles. The van der Waals surface area contributed by atoms with Gasteiger partial charge in [-0.3, -0.25) is 0 Å². The Morgan fingerprint density at radius 1 is 0.818 bits per heavy atom. The van der Waals surface area contributed by atoms with Crippen LogP contribution >= 0.6 is 0 Å². The summed E-state index contributed by atoms with van der Waals surface area (Å²) >= 11 is 0. The van der Waals surface area contributed by atoms with Gasteiger partial charge in [-0.15, -0.1) is 0 Å². The number of rotatable bonds is 5. The van der Waals surface area contributed by atoms with E-state index in [1.807, 2.05) is 36.4 Å². The number of phenolic OH excluding ortho intramolecular Hbond substituents is 1. The number of hydrogen-bond donors (Lipinski definition) is 1. The molecule has 110 valence electrons. The van der Waals surface area contributed by atoms with Crippen LogP contribution in [0.1, 0.15) is 5.56 Å². The summed E-state index contributed by atoms with van der Waals surface area (Å²) in [4.78, 5) is 4.20. The number of aromatic hydroxyl groups is 1. The molecule has 0 radical (unpaired) electrons. The Labute approximate surface area is 128 Å². The Bertz CT molecular complexity index is 710. The van der Waals surface area contributed by atoms with Gasteiger partial charge in [0.05, 0.1) is 6.20 Å². The van der Waals surface area contributed by atoms with Gasteiger partial charge in [-0.05, 0) is 35.9 Å². The third-order valence-electron chi connectivity index (χ3n) is 3.02. The molecule has 0 saturated carbocycles. The number of benzene rings is 2. The number of ether oxygens (including phenoxy) is 2. The summed E-state index contributed by atoms with van der Waals surface area (Å²) in [5, 5.41) is 9.22. The maximum Gasteiger partial charge on any atom is 0.219 e. The minimum atomic E-state index is 0.199. The highest BCUT2D eigenvalue weighted by atomic mass is 16.5. The smallest absolute Gasteiger partial charge is 0.219 e. The first kappa shape index (κ1) is 13.9. The zero-order valence-electron chi connectivity index (χ0n) is 11.8. The highest BCUT2D eigenvalue weighted by molar-refractivity contribution is 5.33. The van der Waals surface area contributed by atoms with Gasteiger partial charge in [-0.2, -0.15) is 0 Å². The molecule has 0 aliphatic carbocycles. The Balaban J connectivity index is 1.59. The second kappa shape index (κ2) is 6.63. The van der Waals surface area contributed by atoms with Crippen molar-refractivity contribution in [3.8, 4) is 23.1 Å². The van der Waals surface area contributed by atoms with Crippen molar-refractivity contribution < 1.29 is 14.6 Å². The molecular weight excluding hydrogens is 278 g/mol. The fourth-order valence-corrected chi connectivity index (χ4v) is 1.89. The molecule has 2 aromatic carbocycles. The Morgan fingerprint density at radius 3 is 2.23 bits per heavy atom. The van der Waals surface area contributed by atoms with Gasteiger partial charge in [0, 0.05) is 6.07 Å². The fraction of sp³-hybridized carbons (Fsp3) is 0.0556. The van der Waals surface area contributed by atoms with Crippen molar-refractivity contribution in [2.45, 2.75) is 6.61 Å². The normalized spacial score (nSPS) is 10.2. The van der Waals surface area contributed by atoms with E-state index in [0.717, 1.165) is 5.56 Å². The summed E-state index contributed by atoms with van der Waals surface area (Å²) in [6, 6.07) is 20.0. The summed E-state index contributed by atoms with van der Waals surface area (Å²) < 4.78 is 11.2. The third-order valence-corrected chi connectivity index (χ3v) is 3.02. The van der Waals surface area contributed by atoms with Gasteiger partial charge in [-0.25, -0.2) is 4.98 Å². The Morgan fingerprint density at radius 2 is 1.55 bits per heavy atom. The van der Waals surface area contributed by atoms with Gasteiger partial charge < -0.3 is 14.6 Å². The third kappa shape index (κ3) is 3.76. The van der Waals surface area contributed by atoms with Crippen LogP contribution in [0, 0.1) is 0 Å². The van der Waals surface area contributed by atoms with Gasteiger partial charge in [0.1, 0.15) is 23.9 Å². The van der Waals surface area contributed by atoms with Crippen LogP contribution in [0.4, 0.5) is 0 Å².